The van der Waals surface area contributed by atoms with E-state index in [1.165, 1.54) is 37.0 Å². The molecule has 2 heterocycles. The average Bonchev–Trinajstić information content (AvgIpc) is 3.38. The molecular weight excluding hydrogens is 350 g/mol. The van der Waals surface area contributed by atoms with Crippen LogP contribution >= 0.6 is 0 Å². The topological polar surface area (TPSA) is 67.7 Å². The maximum Gasteiger partial charge on any atom is 0.153 e. The van der Waals surface area contributed by atoms with Gasteiger partial charge in [0.05, 0.1) is 6.04 Å². The molecule has 140 valence electrons. The summed E-state index contributed by atoms with van der Waals surface area (Å²) in [5, 5.41) is 10.7. The number of halogens is 2. The number of aromatic nitrogens is 4. The van der Waals surface area contributed by atoms with Gasteiger partial charge in [-0.25, -0.2) is 18.7 Å². The predicted molar refractivity (Wildman–Crippen MR) is 98.9 cm³/mol. The van der Waals surface area contributed by atoms with Gasteiger partial charge in [0.1, 0.15) is 29.6 Å². The van der Waals surface area contributed by atoms with E-state index in [-0.39, 0.29) is 6.04 Å². The molecule has 6 nitrogen and oxygen atoms in total. The van der Waals surface area contributed by atoms with Gasteiger partial charge in [-0.1, -0.05) is 6.07 Å². The van der Waals surface area contributed by atoms with Crippen molar-refractivity contribution in [2.24, 2.45) is 7.05 Å². The summed E-state index contributed by atoms with van der Waals surface area (Å²) in [5.41, 5.74) is 1.58. The van der Waals surface area contributed by atoms with E-state index in [1.807, 2.05) is 17.8 Å². The van der Waals surface area contributed by atoms with Gasteiger partial charge in [0.2, 0.25) is 0 Å². The Bertz CT molecular complexity index is 967. The summed E-state index contributed by atoms with van der Waals surface area (Å²) in [6.07, 6.45) is 3.83. The summed E-state index contributed by atoms with van der Waals surface area (Å²) >= 11 is 0. The van der Waals surface area contributed by atoms with Crippen LogP contribution in [-0.4, -0.2) is 19.7 Å². The molecule has 0 saturated heterocycles. The van der Waals surface area contributed by atoms with E-state index in [9.17, 15) is 8.78 Å². The summed E-state index contributed by atoms with van der Waals surface area (Å²) in [4.78, 5) is 8.38. The van der Waals surface area contributed by atoms with Crippen molar-refractivity contribution in [1.82, 2.24) is 19.7 Å². The van der Waals surface area contributed by atoms with E-state index in [0.717, 1.165) is 11.9 Å². The summed E-state index contributed by atoms with van der Waals surface area (Å²) in [5.74, 6) is 1.25. The fourth-order valence-electron chi connectivity index (χ4n) is 3.09. The third-order valence-electron chi connectivity index (χ3n) is 4.63. The molecular formula is C19H20F2N6. The second kappa shape index (κ2) is 6.94. The van der Waals surface area contributed by atoms with Crippen LogP contribution in [0.1, 0.15) is 43.0 Å². The van der Waals surface area contributed by atoms with E-state index in [0.29, 0.717) is 23.1 Å². The molecule has 2 N–H and O–H groups in total. The number of rotatable bonds is 6. The summed E-state index contributed by atoms with van der Waals surface area (Å²) in [7, 11) is 1.94. The van der Waals surface area contributed by atoms with Gasteiger partial charge in [-0.05, 0) is 25.8 Å². The molecule has 0 bridgehead atoms. The lowest BCUT2D eigenvalue weighted by atomic mass is 10.1. The zero-order valence-electron chi connectivity index (χ0n) is 15.1. The van der Waals surface area contributed by atoms with Crippen LogP contribution < -0.4 is 10.6 Å². The van der Waals surface area contributed by atoms with Crippen molar-refractivity contribution < 1.29 is 8.78 Å². The Hall–Kier alpha value is -3.03. The van der Waals surface area contributed by atoms with Crippen LogP contribution in [0.3, 0.4) is 0 Å². The van der Waals surface area contributed by atoms with E-state index >= 15 is 0 Å². The minimum atomic E-state index is -0.599. The highest BCUT2D eigenvalue weighted by atomic mass is 19.1. The SMILES string of the molecule is CC(Nc1cc(Nc2cc(C3CC3)n(C)n2)ncn1)c1ccc(F)cc1F. The van der Waals surface area contributed by atoms with Gasteiger partial charge in [-0.15, -0.1) is 0 Å². The van der Waals surface area contributed by atoms with E-state index in [4.69, 9.17) is 0 Å². The first-order valence-electron chi connectivity index (χ1n) is 8.84. The average molecular weight is 370 g/mol. The number of hydrogen-bond donors (Lipinski definition) is 2. The van der Waals surface area contributed by atoms with Crippen molar-refractivity contribution in [3.63, 3.8) is 0 Å². The molecule has 0 spiro atoms. The highest BCUT2D eigenvalue weighted by Gasteiger charge is 2.27. The number of nitrogens with zero attached hydrogens (tertiary/aromatic N) is 4. The number of benzene rings is 1. The number of nitrogens with one attached hydrogen (secondary N) is 2. The van der Waals surface area contributed by atoms with Gasteiger partial charge < -0.3 is 10.6 Å². The van der Waals surface area contributed by atoms with Gasteiger partial charge in [0.15, 0.2) is 5.82 Å². The minimum Gasteiger partial charge on any atom is -0.363 e. The molecule has 1 atom stereocenters. The molecule has 0 aliphatic heterocycles. The molecule has 1 aliphatic carbocycles. The Morgan fingerprint density at radius 1 is 1.07 bits per heavy atom. The highest BCUT2D eigenvalue weighted by molar-refractivity contribution is 5.56. The van der Waals surface area contributed by atoms with Gasteiger partial charge >= 0.3 is 0 Å². The summed E-state index contributed by atoms with van der Waals surface area (Å²) in [6.45, 7) is 1.78. The van der Waals surface area contributed by atoms with Crippen molar-refractivity contribution in [2.75, 3.05) is 10.6 Å². The van der Waals surface area contributed by atoms with E-state index < -0.39 is 11.6 Å². The lowest BCUT2D eigenvalue weighted by Crippen LogP contribution is -2.10. The van der Waals surface area contributed by atoms with Crippen molar-refractivity contribution in [3.8, 4) is 0 Å². The molecule has 1 saturated carbocycles. The third kappa shape index (κ3) is 3.89. The molecule has 1 fully saturated rings. The maximum atomic E-state index is 13.9. The standard InChI is InChI=1S/C19H20F2N6/c1-11(14-6-5-13(20)7-15(14)21)24-17-9-18(23-10-22-17)25-19-8-16(12-3-4-12)27(2)26-19/h5-12H,3-4H2,1-2H3,(H2,22,23,24,25,26). The monoisotopic (exact) mass is 370 g/mol. The molecule has 0 radical (unpaired) electrons. The Morgan fingerprint density at radius 2 is 1.85 bits per heavy atom. The Morgan fingerprint density at radius 3 is 2.59 bits per heavy atom. The zero-order chi connectivity index (χ0) is 19.0. The number of aryl methyl sites for hydroxylation is 1. The second-order valence-corrected chi connectivity index (χ2v) is 6.80. The first-order valence-corrected chi connectivity index (χ1v) is 8.84. The van der Waals surface area contributed by atoms with Crippen LogP contribution in [0, 0.1) is 11.6 Å². The lowest BCUT2D eigenvalue weighted by Gasteiger charge is -2.16. The third-order valence-corrected chi connectivity index (χ3v) is 4.63. The van der Waals surface area contributed by atoms with Crippen LogP contribution in [0.25, 0.3) is 0 Å². The minimum absolute atomic E-state index is 0.364. The van der Waals surface area contributed by atoms with Crippen LogP contribution in [-0.2, 0) is 7.05 Å². The van der Waals surface area contributed by atoms with Crippen LogP contribution in [0.5, 0.6) is 0 Å². The Labute approximate surface area is 155 Å². The molecule has 1 unspecified atom stereocenters. The molecule has 2 aromatic heterocycles. The van der Waals surface area contributed by atoms with Crippen LogP contribution in [0.4, 0.5) is 26.2 Å². The van der Waals surface area contributed by atoms with Crippen LogP contribution in [0.2, 0.25) is 0 Å². The number of anilines is 3. The molecule has 1 aliphatic rings. The first kappa shape index (κ1) is 17.4. The first-order chi connectivity index (χ1) is 13.0. The predicted octanol–water partition coefficient (Wildman–Crippen LogP) is 4.28. The fourth-order valence-corrected chi connectivity index (χ4v) is 3.09. The number of hydrogen-bond acceptors (Lipinski definition) is 5. The van der Waals surface area contributed by atoms with E-state index in [1.54, 1.807) is 13.0 Å². The molecule has 1 aromatic carbocycles. The van der Waals surface area contributed by atoms with Crippen molar-refractivity contribution in [2.45, 2.75) is 31.7 Å². The molecule has 3 aromatic rings. The molecule has 0 amide bonds. The Kier molecular flexibility index (Phi) is 4.47. The zero-order valence-corrected chi connectivity index (χ0v) is 15.1. The van der Waals surface area contributed by atoms with Gasteiger partial charge in [-0.3, -0.25) is 4.68 Å². The molecule has 27 heavy (non-hydrogen) atoms. The molecule has 4 rings (SSSR count). The van der Waals surface area contributed by atoms with Gasteiger partial charge in [0.25, 0.3) is 0 Å². The Balaban J connectivity index is 1.48. The quantitative estimate of drug-likeness (QED) is 0.678. The van der Waals surface area contributed by atoms with Gasteiger partial charge in [0, 0.05) is 42.4 Å². The van der Waals surface area contributed by atoms with Crippen molar-refractivity contribution >= 4 is 17.5 Å². The molecule has 8 heteroatoms. The fraction of sp³-hybridized carbons (Fsp3) is 0.316. The highest BCUT2D eigenvalue weighted by Crippen LogP contribution is 2.40. The largest absolute Gasteiger partial charge is 0.363 e. The van der Waals surface area contributed by atoms with Crippen molar-refractivity contribution in [1.29, 1.82) is 0 Å². The summed E-state index contributed by atoms with van der Waals surface area (Å²) in [6, 6.07) is 6.91. The normalized spacial score (nSPS) is 14.8. The summed E-state index contributed by atoms with van der Waals surface area (Å²) < 4.78 is 28.9. The smallest absolute Gasteiger partial charge is 0.153 e. The lowest BCUT2D eigenvalue weighted by molar-refractivity contribution is 0.566. The van der Waals surface area contributed by atoms with Crippen molar-refractivity contribution in [3.05, 3.63) is 59.6 Å². The second-order valence-electron chi connectivity index (χ2n) is 6.80. The van der Waals surface area contributed by atoms with Crippen LogP contribution in [0.15, 0.2) is 36.7 Å². The van der Waals surface area contributed by atoms with Gasteiger partial charge in [-0.2, -0.15) is 5.10 Å². The van der Waals surface area contributed by atoms with E-state index in [2.05, 4.69) is 25.7 Å². The maximum absolute atomic E-state index is 13.9.